The van der Waals surface area contributed by atoms with Gasteiger partial charge in [-0.1, -0.05) is 19.3 Å². The number of fused-ring (bicyclic) bond motifs is 1. The van der Waals surface area contributed by atoms with Crippen LogP contribution in [-0.4, -0.2) is 53.9 Å². The minimum atomic E-state index is -4.72. The van der Waals surface area contributed by atoms with Crippen molar-refractivity contribution in [3.8, 4) is 5.75 Å². The summed E-state index contributed by atoms with van der Waals surface area (Å²) in [4.78, 5) is 42.8. The predicted octanol–water partition coefficient (Wildman–Crippen LogP) is 6.08. The summed E-state index contributed by atoms with van der Waals surface area (Å²) in [6.45, 7) is 3.84. The molecule has 4 fully saturated rings. The first-order chi connectivity index (χ1) is 20.8. The summed E-state index contributed by atoms with van der Waals surface area (Å²) in [7, 11) is -4.72. The van der Waals surface area contributed by atoms with Gasteiger partial charge in [-0.15, -0.1) is 0 Å². The van der Waals surface area contributed by atoms with Gasteiger partial charge >= 0.3 is 11.9 Å². The van der Waals surface area contributed by atoms with E-state index in [1.165, 1.54) is 18.2 Å². The Morgan fingerprint density at radius 3 is 2.39 bits per heavy atom. The first-order valence-electron chi connectivity index (χ1n) is 14.8. The van der Waals surface area contributed by atoms with Crippen LogP contribution in [0.4, 0.5) is 0 Å². The molecule has 1 heterocycles. The maximum absolute atomic E-state index is 13.9. The Hall–Kier alpha value is -1.05. The van der Waals surface area contributed by atoms with E-state index in [0.29, 0.717) is 17.5 Å². The number of likely N-dealkylation sites (tertiary alicyclic amines) is 1. The van der Waals surface area contributed by atoms with E-state index in [1.807, 2.05) is 19.9 Å². The molecule has 0 N–H and O–H groups in total. The van der Waals surface area contributed by atoms with E-state index in [9.17, 15) is 27.4 Å². The van der Waals surface area contributed by atoms with E-state index in [-0.39, 0.29) is 40.5 Å². The third-order valence-electron chi connectivity index (χ3n) is 9.71. The van der Waals surface area contributed by atoms with Gasteiger partial charge in [0.05, 0.1) is 28.3 Å². The Bertz CT molecular complexity index is 1640. The molecule has 1 aliphatic heterocycles. The highest BCUT2D eigenvalue weighted by atomic mass is 127. The first-order valence-corrected chi connectivity index (χ1v) is 19.4. The lowest BCUT2D eigenvalue weighted by atomic mass is 9.78. The molecule has 1 saturated heterocycles. The van der Waals surface area contributed by atoms with Crippen molar-refractivity contribution in [3.05, 3.63) is 52.2 Å². The fraction of sp³-hybridized carbons (Fsp3) is 0.516. The molecule has 2 bridgehead atoms. The van der Waals surface area contributed by atoms with Crippen LogP contribution in [0.1, 0.15) is 74.2 Å². The predicted molar refractivity (Wildman–Crippen MR) is 184 cm³/mol. The van der Waals surface area contributed by atoms with Crippen LogP contribution in [0, 0.1) is 34.4 Å². The fourth-order valence-electron chi connectivity index (χ4n) is 8.05. The summed E-state index contributed by atoms with van der Waals surface area (Å²) < 4.78 is 50.9. The number of carbonyl (C=O) groups is 3. The van der Waals surface area contributed by atoms with E-state index in [1.54, 1.807) is 11.0 Å². The largest absolute Gasteiger partial charge is 0.744 e. The number of esters is 2. The van der Waals surface area contributed by atoms with Gasteiger partial charge in [0.25, 0.3) is 0 Å². The number of carbonyl (C=O) groups excluding carboxylic acids is 3. The Labute approximate surface area is 297 Å². The van der Waals surface area contributed by atoms with Gasteiger partial charge in [0.15, 0.2) is 0 Å². The number of amides is 1. The quantitative estimate of drug-likeness (QED) is 0.107. The summed E-state index contributed by atoms with van der Waals surface area (Å²) in [6, 6.07) is 7.36. The molecule has 44 heavy (non-hydrogen) atoms. The zero-order chi connectivity index (χ0) is 31.7. The molecule has 0 spiro atoms. The number of hydrogen-bond donors (Lipinski definition) is 0. The standard InChI is InChI=1S/C31H32I3NO8S/c1-14(2)35-27-19-13-20(28(27)43-30(37)21-10-16(32)11-22(33)26(21)34)25(24(19)29(35)36)31(38)42-17-8-9-23(44(39,40)41)18(12-17)15-6-4-3-5-7-15/h8-12,14-15,19-20,24-25,27-28H,3-7,13H2,1-2H3,(H,39,40,41)/p-1. The summed E-state index contributed by atoms with van der Waals surface area (Å²) in [6.07, 6.45) is 4.29. The average Bonchev–Trinajstić information content (AvgIpc) is 3.58. The Balaban J connectivity index is 1.31. The molecule has 3 aliphatic carbocycles. The van der Waals surface area contributed by atoms with E-state index in [2.05, 4.69) is 67.8 Å². The lowest BCUT2D eigenvalue weighted by molar-refractivity contribution is -0.147. The second-order valence-corrected chi connectivity index (χ2v) is 17.3. The van der Waals surface area contributed by atoms with E-state index in [4.69, 9.17) is 9.47 Å². The van der Waals surface area contributed by atoms with Gasteiger partial charge in [-0.25, -0.2) is 13.2 Å². The first kappa shape index (κ1) is 32.9. The van der Waals surface area contributed by atoms with Crippen molar-refractivity contribution in [2.45, 2.75) is 81.4 Å². The Morgan fingerprint density at radius 1 is 1.02 bits per heavy atom. The van der Waals surface area contributed by atoms with Gasteiger partial charge in [0.1, 0.15) is 22.0 Å². The smallest absolute Gasteiger partial charge is 0.339 e. The second kappa shape index (κ2) is 12.5. The normalized spacial score (nSPS) is 28.2. The van der Waals surface area contributed by atoms with E-state index in [0.717, 1.165) is 42.8 Å². The number of hydrogen-bond acceptors (Lipinski definition) is 8. The Kier molecular flexibility index (Phi) is 9.36. The summed E-state index contributed by atoms with van der Waals surface area (Å²) in [5.74, 6) is -3.14. The molecule has 0 radical (unpaired) electrons. The fourth-order valence-corrected chi connectivity index (χ4v) is 11.2. The van der Waals surface area contributed by atoms with Crippen LogP contribution >= 0.6 is 67.8 Å². The highest BCUT2D eigenvalue weighted by Gasteiger charge is 2.71. The molecular weight excluding hydrogens is 927 g/mol. The average molecular weight is 958 g/mol. The molecule has 1 amide bonds. The van der Waals surface area contributed by atoms with Gasteiger partial charge in [-0.3, -0.25) is 9.59 Å². The van der Waals surface area contributed by atoms with Crippen molar-refractivity contribution in [2.24, 2.45) is 23.7 Å². The van der Waals surface area contributed by atoms with Crippen molar-refractivity contribution in [1.82, 2.24) is 4.90 Å². The van der Waals surface area contributed by atoms with E-state index >= 15 is 0 Å². The van der Waals surface area contributed by atoms with Crippen LogP contribution in [0.25, 0.3) is 0 Å². The van der Waals surface area contributed by atoms with Gasteiger partial charge in [-0.2, -0.15) is 0 Å². The lowest BCUT2D eigenvalue weighted by Crippen LogP contribution is -2.48. The number of nitrogens with zero attached hydrogens (tertiary/aromatic N) is 1. The third-order valence-corrected chi connectivity index (χ3v) is 14.3. The maximum atomic E-state index is 13.9. The second-order valence-electron chi connectivity index (χ2n) is 12.5. The summed E-state index contributed by atoms with van der Waals surface area (Å²) >= 11 is 6.48. The number of halogens is 3. The molecule has 236 valence electrons. The highest BCUT2D eigenvalue weighted by molar-refractivity contribution is 14.1. The van der Waals surface area contributed by atoms with Gasteiger partial charge in [0.2, 0.25) is 5.91 Å². The van der Waals surface area contributed by atoms with Crippen molar-refractivity contribution < 1.29 is 36.8 Å². The minimum Gasteiger partial charge on any atom is -0.744 e. The molecule has 9 nitrogen and oxygen atoms in total. The van der Waals surface area contributed by atoms with Crippen molar-refractivity contribution in [1.29, 1.82) is 0 Å². The molecule has 13 heteroatoms. The summed E-state index contributed by atoms with van der Waals surface area (Å²) in [5, 5.41) is 0. The van der Waals surface area contributed by atoms with Gasteiger partial charge in [0, 0.05) is 22.7 Å². The molecule has 3 saturated carbocycles. The molecule has 6 unspecified atom stereocenters. The number of rotatable bonds is 7. The lowest BCUT2D eigenvalue weighted by Gasteiger charge is -2.35. The third kappa shape index (κ3) is 5.82. The van der Waals surface area contributed by atoms with Crippen molar-refractivity contribution in [2.75, 3.05) is 0 Å². The summed E-state index contributed by atoms with van der Waals surface area (Å²) in [5.41, 5.74) is 0.832. The number of benzene rings is 2. The van der Waals surface area contributed by atoms with Crippen LogP contribution in [0.15, 0.2) is 35.2 Å². The maximum Gasteiger partial charge on any atom is 0.339 e. The zero-order valence-corrected chi connectivity index (χ0v) is 31.3. The highest BCUT2D eigenvalue weighted by Crippen LogP contribution is 2.60. The van der Waals surface area contributed by atoms with E-state index < -0.39 is 45.9 Å². The van der Waals surface area contributed by atoms with Crippen LogP contribution in [0.3, 0.4) is 0 Å². The van der Waals surface area contributed by atoms with Crippen LogP contribution in [0.5, 0.6) is 5.75 Å². The minimum absolute atomic E-state index is 0.115. The zero-order valence-electron chi connectivity index (χ0n) is 24.0. The van der Waals surface area contributed by atoms with Crippen LogP contribution < -0.4 is 4.74 Å². The van der Waals surface area contributed by atoms with Gasteiger partial charge in [-0.05, 0) is 149 Å². The van der Waals surface area contributed by atoms with Crippen LogP contribution in [-0.2, 0) is 24.4 Å². The van der Waals surface area contributed by atoms with Crippen LogP contribution in [0.2, 0.25) is 0 Å². The molecule has 2 aromatic rings. The SMILES string of the molecule is CC(C)N1C(=O)C2C3CC(C(OC(=O)c4cc(I)cc(I)c4I)C31)C2C(=O)Oc1ccc(S(=O)(=O)[O-])c(C2CCCCC2)c1. The molecular formula is C31H31I3NO8S-. The Morgan fingerprint density at radius 2 is 1.73 bits per heavy atom. The molecule has 6 atom stereocenters. The molecule has 0 aromatic heterocycles. The number of ether oxygens (including phenoxy) is 2. The topological polar surface area (TPSA) is 130 Å². The van der Waals surface area contributed by atoms with Crippen molar-refractivity contribution >= 4 is 95.7 Å². The molecule has 6 rings (SSSR count). The van der Waals surface area contributed by atoms with Gasteiger partial charge < -0.3 is 18.9 Å². The monoisotopic (exact) mass is 958 g/mol. The van der Waals surface area contributed by atoms with Crippen molar-refractivity contribution in [3.63, 3.8) is 0 Å². The molecule has 2 aromatic carbocycles. The molecule has 4 aliphatic rings.